The fourth-order valence-corrected chi connectivity index (χ4v) is 0.620. The van der Waals surface area contributed by atoms with E-state index >= 15 is 0 Å². The predicted octanol–water partition coefficient (Wildman–Crippen LogP) is -0.0492. The highest BCUT2D eigenvalue weighted by Crippen LogP contribution is 1.88. The summed E-state index contributed by atoms with van der Waals surface area (Å²) in [6.07, 6.45) is 1.02. The zero-order valence-corrected chi connectivity index (χ0v) is 6.05. The average molecular weight is 133 g/mol. The molecule has 0 aromatic heterocycles. The van der Waals surface area contributed by atoms with E-state index in [1.54, 1.807) is 7.11 Å². The van der Waals surface area contributed by atoms with Gasteiger partial charge in [0.1, 0.15) is 6.23 Å². The second-order valence-electron chi connectivity index (χ2n) is 1.81. The number of hydrogen-bond acceptors (Lipinski definition) is 3. The summed E-state index contributed by atoms with van der Waals surface area (Å²) < 4.78 is 4.98. The van der Waals surface area contributed by atoms with Crippen LogP contribution < -0.4 is 5.32 Å². The van der Waals surface area contributed by atoms with Crippen molar-refractivity contribution in [1.29, 1.82) is 0 Å². The van der Waals surface area contributed by atoms with Gasteiger partial charge in [-0.15, -0.1) is 0 Å². The van der Waals surface area contributed by atoms with Crippen LogP contribution in [-0.4, -0.2) is 31.6 Å². The number of aliphatic hydroxyl groups excluding tert-OH is 1. The van der Waals surface area contributed by atoms with Crippen LogP contribution in [0.1, 0.15) is 13.3 Å². The highest BCUT2D eigenvalue weighted by Gasteiger charge is 1.99. The topological polar surface area (TPSA) is 41.5 Å². The molecule has 56 valence electrons. The molecule has 9 heavy (non-hydrogen) atoms. The van der Waals surface area contributed by atoms with Crippen molar-refractivity contribution in [3.63, 3.8) is 0 Å². The van der Waals surface area contributed by atoms with Crippen molar-refractivity contribution in [1.82, 2.24) is 5.32 Å². The summed E-state index contributed by atoms with van der Waals surface area (Å²) in [6, 6.07) is 0. The second kappa shape index (κ2) is 6.01. The smallest absolute Gasteiger partial charge is 0.107 e. The lowest BCUT2D eigenvalue weighted by atomic mass is 10.4. The largest absolute Gasteiger partial charge is 0.395 e. The van der Waals surface area contributed by atoms with Crippen LogP contribution in [0, 0.1) is 0 Å². The van der Waals surface area contributed by atoms with Gasteiger partial charge in [0, 0.05) is 13.7 Å². The van der Waals surface area contributed by atoms with E-state index < -0.39 is 0 Å². The first-order valence-corrected chi connectivity index (χ1v) is 3.22. The van der Waals surface area contributed by atoms with Gasteiger partial charge in [0.15, 0.2) is 0 Å². The Hall–Kier alpha value is -0.120. The van der Waals surface area contributed by atoms with E-state index in [1.807, 2.05) is 6.92 Å². The van der Waals surface area contributed by atoms with Crippen LogP contribution in [0.5, 0.6) is 0 Å². The van der Waals surface area contributed by atoms with E-state index in [4.69, 9.17) is 9.84 Å². The minimum atomic E-state index is 0.0946. The third kappa shape index (κ3) is 4.39. The van der Waals surface area contributed by atoms with E-state index in [9.17, 15) is 0 Å². The van der Waals surface area contributed by atoms with Crippen LogP contribution in [0.15, 0.2) is 0 Å². The van der Waals surface area contributed by atoms with Gasteiger partial charge < -0.3 is 9.84 Å². The highest BCUT2D eigenvalue weighted by molar-refractivity contribution is 4.49. The number of hydrogen-bond donors (Lipinski definition) is 2. The van der Waals surface area contributed by atoms with Crippen molar-refractivity contribution < 1.29 is 9.84 Å². The van der Waals surface area contributed by atoms with Crippen LogP contribution in [0.4, 0.5) is 0 Å². The first kappa shape index (κ1) is 8.88. The maximum absolute atomic E-state index is 8.39. The van der Waals surface area contributed by atoms with Gasteiger partial charge in [0.2, 0.25) is 0 Å². The van der Waals surface area contributed by atoms with Crippen molar-refractivity contribution >= 4 is 0 Å². The first-order valence-electron chi connectivity index (χ1n) is 3.22. The number of ether oxygens (including phenoxy) is 1. The number of aliphatic hydroxyl groups is 1. The van der Waals surface area contributed by atoms with Gasteiger partial charge in [-0.05, 0) is 6.42 Å². The summed E-state index contributed by atoms with van der Waals surface area (Å²) in [5, 5.41) is 11.4. The molecular weight excluding hydrogens is 118 g/mol. The van der Waals surface area contributed by atoms with Crippen molar-refractivity contribution in [2.75, 3.05) is 20.3 Å². The lowest BCUT2D eigenvalue weighted by Crippen LogP contribution is -2.32. The Balaban J connectivity index is 3.09. The van der Waals surface area contributed by atoms with E-state index in [2.05, 4.69) is 5.32 Å². The molecule has 0 amide bonds. The van der Waals surface area contributed by atoms with Gasteiger partial charge in [-0.3, -0.25) is 5.32 Å². The van der Waals surface area contributed by atoms with Crippen molar-refractivity contribution in [2.45, 2.75) is 19.6 Å². The Kier molecular flexibility index (Phi) is 5.93. The summed E-state index contributed by atoms with van der Waals surface area (Å²) in [7, 11) is 1.65. The third-order valence-corrected chi connectivity index (χ3v) is 1.14. The number of methoxy groups -OCH3 is 1. The maximum Gasteiger partial charge on any atom is 0.107 e. The van der Waals surface area contributed by atoms with Crippen LogP contribution in [0.25, 0.3) is 0 Å². The maximum atomic E-state index is 8.39. The lowest BCUT2D eigenvalue weighted by Gasteiger charge is -2.13. The van der Waals surface area contributed by atoms with Crippen LogP contribution in [-0.2, 0) is 4.74 Å². The second-order valence-corrected chi connectivity index (χ2v) is 1.81. The number of nitrogens with one attached hydrogen (secondary N) is 1. The Labute approximate surface area is 56.0 Å². The Morgan fingerprint density at radius 3 is 2.67 bits per heavy atom. The van der Waals surface area contributed by atoms with Gasteiger partial charge in [-0.2, -0.15) is 0 Å². The third-order valence-electron chi connectivity index (χ3n) is 1.14. The predicted molar refractivity (Wildman–Crippen MR) is 36.2 cm³/mol. The van der Waals surface area contributed by atoms with Crippen molar-refractivity contribution in [3.05, 3.63) is 0 Å². The molecule has 0 spiro atoms. The molecule has 0 aromatic carbocycles. The molecule has 2 N–H and O–H groups in total. The summed E-state index contributed by atoms with van der Waals surface area (Å²) in [4.78, 5) is 0. The summed E-state index contributed by atoms with van der Waals surface area (Å²) >= 11 is 0. The van der Waals surface area contributed by atoms with E-state index in [-0.39, 0.29) is 12.8 Å². The molecule has 0 aromatic rings. The van der Waals surface area contributed by atoms with Crippen molar-refractivity contribution in [3.8, 4) is 0 Å². The molecule has 0 saturated carbocycles. The fourth-order valence-electron chi connectivity index (χ4n) is 0.620. The van der Waals surface area contributed by atoms with Gasteiger partial charge in [0.05, 0.1) is 6.61 Å². The monoisotopic (exact) mass is 133 g/mol. The van der Waals surface area contributed by atoms with Gasteiger partial charge >= 0.3 is 0 Å². The molecule has 0 radical (unpaired) electrons. The van der Waals surface area contributed by atoms with Crippen LogP contribution in [0.2, 0.25) is 0 Å². The van der Waals surface area contributed by atoms with E-state index in [0.717, 1.165) is 6.42 Å². The summed E-state index contributed by atoms with van der Waals surface area (Å²) in [6.45, 7) is 2.80. The quantitative estimate of drug-likeness (QED) is 0.517. The van der Waals surface area contributed by atoms with E-state index in [1.165, 1.54) is 0 Å². The zero-order chi connectivity index (χ0) is 7.11. The molecule has 0 heterocycles. The average Bonchev–Trinajstić information content (AvgIpc) is 1.91. The molecular formula is C6H15NO2. The van der Waals surface area contributed by atoms with Gasteiger partial charge in [-0.25, -0.2) is 0 Å². The fraction of sp³-hybridized carbons (Fsp3) is 1.00. The Morgan fingerprint density at radius 1 is 1.67 bits per heavy atom. The highest BCUT2D eigenvalue weighted by atomic mass is 16.5. The van der Waals surface area contributed by atoms with Gasteiger partial charge in [-0.1, -0.05) is 6.92 Å². The standard InChI is InChI=1S/C6H15NO2/c1-3-6(9-2)7-4-5-8/h6-8H,3-5H2,1-2H3. The molecule has 0 bridgehead atoms. The zero-order valence-electron chi connectivity index (χ0n) is 6.05. The molecule has 1 atom stereocenters. The van der Waals surface area contributed by atoms with Crippen molar-refractivity contribution in [2.24, 2.45) is 0 Å². The van der Waals surface area contributed by atoms with E-state index in [0.29, 0.717) is 6.54 Å². The molecule has 0 aliphatic heterocycles. The number of rotatable bonds is 5. The minimum absolute atomic E-state index is 0.0946. The lowest BCUT2D eigenvalue weighted by molar-refractivity contribution is 0.0665. The molecule has 3 nitrogen and oxygen atoms in total. The molecule has 0 aliphatic rings. The molecule has 0 fully saturated rings. The minimum Gasteiger partial charge on any atom is -0.395 e. The van der Waals surface area contributed by atoms with Gasteiger partial charge in [0.25, 0.3) is 0 Å². The summed E-state index contributed by atoms with van der Waals surface area (Å²) in [5.41, 5.74) is 0. The Morgan fingerprint density at radius 2 is 2.33 bits per heavy atom. The summed E-state index contributed by atoms with van der Waals surface area (Å²) in [5.74, 6) is 0. The van der Waals surface area contributed by atoms with Crippen LogP contribution >= 0.6 is 0 Å². The molecule has 0 saturated heterocycles. The normalized spacial score (nSPS) is 13.7. The molecule has 1 unspecified atom stereocenters. The SMILES string of the molecule is CCC(NCCO)OC. The Bertz CT molecular complexity index is 55.0. The molecule has 3 heteroatoms. The molecule has 0 aliphatic carbocycles. The first-order chi connectivity index (χ1) is 4.35. The molecule has 0 rings (SSSR count). The van der Waals surface area contributed by atoms with Crippen LogP contribution in [0.3, 0.4) is 0 Å².